The number of carbonyl (C=O) groups excluding carboxylic acids is 2. The summed E-state index contributed by atoms with van der Waals surface area (Å²) in [6.45, 7) is 0. The lowest BCUT2D eigenvalue weighted by Gasteiger charge is -1.93. The van der Waals surface area contributed by atoms with Crippen molar-refractivity contribution in [3.8, 4) is 0 Å². The highest BCUT2D eigenvalue weighted by atomic mass is 32.2. The molecule has 1 saturated heterocycles. The Balaban J connectivity index is 1.76. The van der Waals surface area contributed by atoms with Gasteiger partial charge in [-0.3, -0.25) is 10.1 Å². The molecule has 1 fully saturated rings. The number of thioether (sulfide) groups is 1. The van der Waals surface area contributed by atoms with Gasteiger partial charge in [0.25, 0.3) is 5.91 Å². The Morgan fingerprint density at radius 3 is 3.09 bits per heavy atom. The number of hydrogen-bond acceptors (Lipinski definition) is 7. The van der Waals surface area contributed by atoms with Crippen molar-refractivity contribution in [1.82, 2.24) is 5.32 Å². The fraction of sp³-hybridized carbons (Fsp3) is 0.0667. The first kappa shape index (κ1) is 15.0. The highest BCUT2D eigenvalue weighted by Gasteiger charge is 2.24. The van der Waals surface area contributed by atoms with Crippen LogP contribution in [0.2, 0.25) is 0 Å². The lowest BCUT2D eigenvalue weighted by Crippen LogP contribution is -2.19. The molecule has 23 heavy (non-hydrogen) atoms. The number of nitrogens with zero attached hydrogens (tertiary/aromatic N) is 2. The van der Waals surface area contributed by atoms with E-state index in [1.54, 1.807) is 12.5 Å². The van der Waals surface area contributed by atoms with Crippen molar-refractivity contribution >= 4 is 46.0 Å². The van der Waals surface area contributed by atoms with Gasteiger partial charge in [-0.1, -0.05) is 12.1 Å². The topological polar surface area (TPSA) is 93.3 Å². The van der Waals surface area contributed by atoms with Crippen LogP contribution >= 0.6 is 11.8 Å². The highest BCUT2D eigenvalue weighted by Crippen LogP contribution is 2.23. The molecule has 1 aromatic heterocycles. The Kier molecular flexibility index (Phi) is 4.24. The van der Waals surface area contributed by atoms with E-state index in [1.807, 2.05) is 24.3 Å². The molecule has 0 aliphatic carbocycles. The van der Waals surface area contributed by atoms with E-state index in [-0.39, 0.29) is 4.91 Å². The summed E-state index contributed by atoms with van der Waals surface area (Å²) in [7, 11) is 1.24. The molecular weight excluding hydrogens is 318 g/mol. The molecule has 7 nitrogen and oxygen atoms in total. The van der Waals surface area contributed by atoms with Gasteiger partial charge >= 0.3 is 5.97 Å². The zero-order valence-electron chi connectivity index (χ0n) is 12.0. The molecule has 1 aromatic carbocycles. The maximum atomic E-state index is 11.7. The lowest BCUT2D eigenvalue weighted by atomic mass is 10.1. The number of esters is 1. The van der Waals surface area contributed by atoms with Crippen LogP contribution in [0.3, 0.4) is 0 Å². The van der Waals surface area contributed by atoms with Crippen LogP contribution in [-0.4, -0.2) is 30.4 Å². The molecule has 8 heteroatoms. The van der Waals surface area contributed by atoms with Crippen molar-refractivity contribution in [1.29, 1.82) is 0 Å². The quantitative estimate of drug-likeness (QED) is 0.402. The van der Waals surface area contributed by atoms with Gasteiger partial charge in [0, 0.05) is 17.0 Å². The predicted octanol–water partition coefficient (Wildman–Crippen LogP) is 2.04. The number of methoxy groups -OCH3 is 1. The average Bonchev–Trinajstić information content (AvgIpc) is 3.15. The summed E-state index contributed by atoms with van der Waals surface area (Å²) in [4.78, 5) is 23.0. The van der Waals surface area contributed by atoms with Crippen LogP contribution in [0.5, 0.6) is 0 Å². The molecule has 2 aromatic rings. The fourth-order valence-electron chi connectivity index (χ4n) is 1.91. The van der Waals surface area contributed by atoms with Crippen LogP contribution in [0.4, 0.5) is 0 Å². The summed E-state index contributed by atoms with van der Waals surface area (Å²) in [5, 5.41) is 11.6. The van der Waals surface area contributed by atoms with Gasteiger partial charge in [0.15, 0.2) is 5.17 Å². The number of furan rings is 1. The second-order valence-corrected chi connectivity index (χ2v) is 5.45. The van der Waals surface area contributed by atoms with Crippen LogP contribution < -0.4 is 5.32 Å². The van der Waals surface area contributed by atoms with E-state index >= 15 is 0 Å². The average molecular weight is 329 g/mol. The van der Waals surface area contributed by atoms with Gasteiger partial charge in [-0.15, -0.1) is 5.10 Å². The number of amides is 1. The van der Waals surface area contributed by atoms with E-state index in [0.29, 0.717) is 5.17 Å². The van der Waals surface area contributed by atoms with Gasteiger partial charge < -0.3 is 9.15 Å². The van der Waals surface area contributed by atoms with E-state index in [0.717, 1.165) is 34.4 Å². The number of ether oxygens (including phenoxy) is 1. The van der Waals surface area contributed by atoms with Gasteiger partial charge in [0.05, 0.1) is 24.5 Å². The van der Waals surface area contributed by atoms with Crippen molar-refractivity contribution in [2.45, 2.75) is 0 Å². The summed E-state index contributed by atoms with van der Waals surface area (Å²) in [6, 6.07) is 7.43. The van der Waals surface area contributed by atoms with E-state index in [2.05, 4.69) is 20.3 Å². The summed E-state index contributed by atoms with van der Waals surface area (Å²) in [5.74, 6) is -1.01. The third-order valence-electron chi connectivity index (χ3n) is 2.98. The molecule has 0 atom stereocenters. The van der Waals surface area contributed by atoms with Gasteiger partial charge in [0.2, 0.25) is 0 Å². The van der Waals surface area contributed by atoms with Crippen LogP contribution in [0.25, 0.3) is 11.0 Å². The van der Waals surface area contributed by atoms with Gasteiger partial charge in [-0.25, -0.2) is 4.79 Å². The monoisotopic (exact) mass is 329 g/mol. The molecule has 0 bridgehead atoms. The Morgan fingerprint density at radius 1 is 1.39 bits per heavy atom. The second-order valence-electron chi connectivity index (χ2n) is 4.42. The van der Waals surface area contributed by atoms with Crippen molar-refractivity contribution in [3.63, 3.8) is 0 Å². The van der Waals surface area contributed by atoms with Crippen LogP contribution in [0.15, 0.2) is 56.1 Å². The zero-order valence-corrected chi connectivity index (χ0v) is 12.8. The maximum absolute atomic E-state index is 11.7. The lowest BCUT2D eigenvalue weighted by molar-refractivity contribution is -0.135. The molecular formula is C15H11N3O4S. The molecule has 1 aliphatic rings. The van der Waals surface area contributed by atoms with Crippen LogP contribution in [0, 0.1) is 0 Å². The molecule has 0 unspecified atom stereocenters. The Labute approximate surface area is 135 Å². The van der Waals surface area contributed by atoms with E-state index < -0.39 is 11.9 Å². The largest absolute Gasteiger partial charge is 0.466 e. The minimum Gasteiger partial charge on any atom is -0.466 e. The summed E-state index contributed by atoms with van der Waals surface area (Å²) in [6.07, 6.45) is 4.28. The van der Waals surface area contributed by atoms with Crippen LogP contribution in [-0.2, 0) is 14.3 Å². The Morgan fingerprint density at radius 2 is 2.26 bits per heavy atom. The molecule has 0 saturated carbocycles. The first-order valence-corrected chi connectivity index (χ1v) is 7.35. The fourth-order valence-corrected chi connectivity index (χ4v) is 2.65. The molecule has 0 spiro atoms. The number of amidine groups is 1. The molecule has 0 radical (unpaired) electrons. The van der Waals surface area contributed by atoms with Gasteiger partial charge in [-0.2, -0.15) is 5.10 Å². The van der Waals surface area contributed by atoms with E-state index in [9.17, 15) is 9.59 Å². The third kappa shape index (κ3) is 3.32. The van der Waals surface area contributed by atoms with E-state index in [1.165, 1.54) is 7.11 Å². The number of rotatable bonds is 3. The Hall–Kier alpha value is -2.87. The van der Waals surface area contributed by atoms with Crippen LogP contribution in [0.1, 0.15) is 5.56 Å². The minimum atomic E-state index is -0.598. The molecule has 116 valence electrons. The van der Waals surface area contributed by atoms with Crippen molar-refractivity contribution in [2.24, 2.45) is 10.2 Å². The normalized spacial score (nSPS) is 18.2. The number of benzene rings is 1. The molecule has 1 aliphatic heterocycles. The summed E-state index contributed by atoms with van der Waals surface area (Å²) < 4.78 is 9.79. The smallest absolute Gasteiger partial charge is 0.331 e. The van der Waals surface area contributed by atoms with Crippen molar-refractivity contribution < 1.29 is 18.7 Å². The first-order valence-electron chi connectivity index (χ1n) is 6.53. The van der Waals surface area contributed by atoms with Crippen molar-refractivity contribution in [2.75, 3.05) is 7.11 Å². The number of hydrogen-bond donors (Lipinski definition) is 1. The molecule has 1 N–H and O–H groups in total. The number of carbonyl (C=O) groups is 2. The molecule has 3 rings (SSSR count). The predicted molar refractivity (Wildman–Crippen MR) is 87.1 cm³/mol. The first-order chi connectivity index (χ1) is 11.2. The summed E-state index contributed by atoms with van der Waals surface area (Å²) in [5.41, 5.74) is 1.61. The number of fused-ring (bicyclic) bond motifs is 1. The van der Waals surface area contributed by atoms with Gasteiger partial charge in [-0.05, 0) is 23.9 Å². The van der Waals surface area contributed by atoms with Gasteiger partial charge in [0.1, 0.15) is 5.58 Å². The summed E-state index contributed by atoms with van der Waals surface area (Å²) >= 11 is 1.02. The zero-order chi connectivity index (χ0) is 16.2. The highest BCUT2D eigenvalue weighted by molar-refractivity contribution is 8.18. The third-order valence-corrected chi connectivity index (χ3v) is 3.88. The minimum absolute atomic E-state index is 0.211. The standard InChI is InChI=1S/C15H11N3O4S/c1-21-13(19)7-12-14(20)17-15(23-12)18-16-8-9-3-2-4-11-10(9)5-6-22-11/h2-8H,1H3,(H,17,18,20)/b12-7+,16-8?. The Bertz CT molecular complexity index is 866. The molecule has 2 heterocycles. The molecule has 1 amide bonds. The van der Waals surface area contributed by atoms with Crippen molar-refractivity contribution in [3.05, 3.63) is 47.1 Å². The number of nitrogens with one attached hydrogen (secondary N) is 1. The second kappa shape index (κ2) is 6.49. The maximum Gasteiger partial charge on any atom is 0.331 e. The van der Waals surface area contributed by atoms with E-state index in [4.69, 9.17) is 4.42 Å². The SMILES string of the molecule is COC(=O)/C=C1/S/C(=N\N=Cc2cccc3occc23)NC1=O.